The first-order valence-electron chi connectivity index (χ1n) is 8.29. The maximum Gasteiger partial charge on any atom is 0.280 e. The SMILES string of the molecule is Cc1nc(C2CCCN(C(=O)c3nc4ccccc4[nH]c3=O)C2)n[nH]1. The van der Waals surface area contributed by atoms with Crippen LogP contribution < -0.4 is 5.56 Å². The van der Waals surface area contributed by atoms with Crippen molar-refractivity contribution in [3.63, 3.8) is 0 Å². The van der Waals surface area contributed by atoms with Crippen LogP contribution in [0.5, 0.6) is 0 Å². The number of aromatic amines is 2. The van der Waals surface area contributed by atoms with Gasteiger partial charge >= 0.3 is 0 Å². The van der Waals surface area contributed by atoms with Crippen LogP contribution >= 0.6 is 0 Å². The van der Waals surface area contributed by atoms with Crippen LogP contribution in [-0.2, 0) is 0 Å². The van der Waals surface area contributed by atoms with E-state index in [0.717, 1.165) is 24.5 Å². The van der Waals surface area contributed by atoms with Gasteiger partial charge in [-0.15, -0.1) is 0 Å². The van der Waals surface area contributed by atoms with E-state index in [9.17, 15) is 9.59 Å². The number of H-pyrrole nitrogens is 2. The van der Waals surface area contributed by atoms with Crippen molar-refractivity contribution in [2.24, 2.45) is 0 Å². The second kappa shape index (κ2) is 6.12. The van der Waals surface area contributed by atoms with E-state index in [4.69, 9.17) is 0 Å². The van der Waals surface area contributed by atoms with E-state index in [0.29, 0.717) is 24.1 Å². The molecule has 1 aromatic carbocycles. The molecule has 1 unspecified atom stereocenters. The van der Waals surface area contributed by atoms with Crippen LogP contribution in [0.3, 0.4) is 0 Å². The van der Waals surface area contributed by atoms with Gasteiger partial charge in [-0.2, -0.15) is 5.10 Å². The van der Waals surface area contributed by atoms with Gasteiger partial charge in [0.25, 0.3) is 11.5 Å². The van der Waals surface area contributed by atoms with E-state index in [1.807, 2.05) is 19.1 Å². The number of rotatable bonds is 2. The third kappa shape index (κ3) is 2.90. The molecule has 2 aromatic heterocycles. The van der Waals surface area contributed by atoms with Gasteiger partial charge in [0.05, 0.1) is 11.0 Å². The van der Waals surface area contributed by atoms with Gasteiger partial charge < -0.3 is 9.88 Å². The summed E-state index contributed by atoms with van der Waals surface area (Å²) in [6.07, 6.45) is 1.76. The Hall–Kier alpha value is -3.03. The topological polar surface area (TPSA) is 108 Å². The highest BCUT2D eigenvalue weighted by molar-refractivity contribution is 5.93. The van der Waals surface area contributed by atoms with Crippen molar-refractivity contribution in [3.05, 3.63) is 52.0 Å². The van der Waals surface area contributed by atoms with E-state index < -0.39 is 5.56 Å². The number of hydrogen-bond donors (Lipinski definition) is 2. The van der Waals surface area contributed by atoms with E-state index >= 15 is 0 Å². The Labute approximate surface area is 143 Å². The standard InChI is InChI=1S/C17H18N6O2/c1-10-18-15(22-21-10)11-5-4-8-23(9-11)17(25)14-16(24)20-13-7-3-2-6-12(13)19-14/h2-3,6-7,11H,4-5,8-9H2,1H3,(H,20,24)(H,18,21,22). The lowest BCUT2D eigenvalue weighted by Crippen LogP contribution is -2.42. The Bertz CT molecular complexity index is 992. The summed E-state index contributed by atoms with van der Waals surface area (Å²) in [5.41, 5.74) is 0.699. The highest BCUT2D eigenvalue weighted by Gasteiger charge is 2.29. The highest BCUT2D eigenvalue weighted by Crippen LogP contribution is 2.25. The number of piperidine rings is 1. The number of hydrogen-bond acceptors (Lipinski definition) is 5. The minimum Gasteiger partial charge on any atom is -0.336 e. The quantitative estimate of drug-likeness (QED) is 0.734. The van der Waals surface area contributed by atoms with E-state index in [-0.39, 0.29) is 17.5 Å². The van der Waals surface area contributed by atoms with Crippen molar-refractivity contribution in [1.29, 1.82) is 0 Å². The van der Waals surface area contributed by atoms with Crippen LogP contribution in [0, 0.1) is 6.92 Å². The number of likely N-dealkylation sites (tertiary alicyclic amines) is 1. The first-order chi connectivity index (χ1) is 12.1. The van der Waals surface area contributed by atoms with E-state index in [2.05, 4.69) is 25.1 Å². The minimum absolute atomic E-state index is 0.0643. The van der Waals surface area contributed by atoms with Gasteiger partial charge in [-0.05, 0) is 31.9 Å². The van der Waals surface area contributed by atoms with Gasteiger partial charge in [0.2, 0.25) is 0 Å². The number of para-hydroxylation sites is 2. The van der Waals surface area contributed by atoms with Crippen LogP contribution in [0.1, 0.15) is 40.9 Å². The lowest BCUT2D eigenvalue weighted by molar-refractivity contribution is 0.0697. The molecule has 1 atom stereocenters. The smallest absolute Gasteiger partial charge is 0.280 e. The molecule has 3 heterocycles. The molecule has 1 aliphatic heterocycles. The molecule has 3 aromatic rings. The first-order valence-corrected chi connectivity index (χ1v) is 8.29. The zero-order valence-electron chi connectivity index (χ0n) is 13.8. The van der Waals surface area contributed by atoms with Crippen molar-refractivity contribution >= 4 is 16.9 Å². The fourth-order valence-corrected chi connectivity index (χ4v) is 3.24. The van der Waals surface area contributed by atoms with Crippen molar-refractivity contribution < 1.29 is 4.79 Å². The summed E-state index contributed by atoms with van der Waals surface area (Å²) >= 11 is 0. The van der Waals surface area contributed by atoms with Crippen molar-refractivity contribution in [3.8, 4) is 0 Å². The van der Waals surface area contributed by atoms with Gasteiger partial charge in [-0.3, -0.25) is 14.7 Å². The Morgan fingerprint density at radius 2 is 2.12 bits per heavy atom. The predicted octanol–water partition coefficient (Wildman–Crippen LogP) is 1.37. The van der Waals surface area contributed by atoms with Crippen molar-refractivity contribution in [2.75, 3.05) is 13.1 Å². The zero-order chi connectivity index (χ0) is 17.4. The number of aryl methyl sites for hydroxylation is 1. The second-order valence-electron chi connectivity index (χ2n) is 6.30. The Morgan fingerprint density at radius 3 is 2.92 bits per heavy atom. The third-order valence-corrected chi connectivity index (χ3v) is 4.49. The largest absolute Gasteiger partial charge is 0.336 e. The average Bonchev–Trinajstić information content (AvgIpc) is 3.07. The Kier molecular flexibility index (Phi) is 3.79. The van der Waals surface area contributed by atoms with Crippen LogP contribution in [0.15, 0.2) is 29.1 Å². The van der Waals surface area contributed by atoms with E-state index in [1.165, 1.54) is 0 Å². The normalized spacial score (nSPS) is 17.8. The van der Waals surface area contributed by atoms with E-state index in [1.54, 1.807) is 17.0 Å². The Morgan fingerprint density at radius 1 is 1.28 bits per heavy atom. The first kappa shape index (κ1) is 15.5. The molecule has 0 radical (unpaired) electrons. The van der Waals surface area contributed by atoms with Crippen LogP contribution in [-0.4, -0.2) is 49.0 Å². The molecule has 1 saturated heterocycles. The Balaban J connectivity index is 1.62. The van der Waals surface area contributed by atoms with Gasteiger partial charge in [0.1, 0.15) is 5.82 Å². The summed E-state index contributed by atoms with van der Waals surface area (Å²) in [6.45, 7) is 2.94. The molecule has 0 aliphatic carbocycles. The molecular formula is C17H18N6O2. The highest BCUT2D eigenvalue weighted by atomic mass is 16.2. The number of nitrogens with zero attached hydrogens (tertiary/aromatic N) is 4. The van der Waals surface area contributed by atoms with Crippen molar-refractivity contribution in [2.45, 2.75) is 25.7 Å². The molecular weight excluding hydrogens is 320 g/mol. The van der Waals surface area contributed by atoms with Crippen molar-refractivity contribution in [1.82, 2.24) is 30.0 Å². The molecule has 8 heteroatoms. The maximum absolute atomic E-state index is 12.8. The summed E-state index contributed by atoms with van der Waals surface area (Å²) in [7, 11) is 0. The number of carbonyl (C=O) groups is 1. The lowest BCUT2D eigenvalue weighted by Gasteiger charge is -2.31. The number of benzene rings is 1. The number of fused-ring (bicyclic) bond motifs is 1. The predicted molar refractivity (Wildman–Crippen MR) is 91.4 cm³/mol. The average molecular weight is 338 g/mol. The summed E-state index contributed by atoms with van der Waals surface area (Å²) in [5, 5.41) is 7.05. The van der Waals surface area contributed by atoms with Crippen LogP contribution in [0.25, 0.3) is 11.0 Å². The molecule has 2 N–H and O–H groups in total. The molecule has 4 rings (SSSR count). The molecule has 1 fully saturated rings. The molecule has 0 bridgehead atoms. The summed E-state index contributed by atoms with van der Waals surface area (Å²) in [5.74, 6) is 1.20. The minimum atomic E-state index is -0.459. The summed E-state index contributed by atoms with van der Waals surface area (Å²) < 4.78 is 0. The third-order valence-electron chi connectivity index (χ3n) is 4.49. The summed E-state index contributed by atoms with van der Waals surface area (Å²) in [4.78, 5) is 38.2. The molecule has 1 amide bonds. The van der Waals surface area contributed by atoms with Gasteiger partial charge in [0, 0.05) is 19.0 Å². The zero-order valence-corrected chi connectivity index (χ0v) is 13.8. The number of aromatic nitrogens is 5. The maximum atomic E-state index is 12.8. The fourth-order valence-electron chi connectivity index (χ4n) is 3.24. The van der Waals surface area contributed by atoms with Crippen LogP contribution in [0.2, 0.25) is 0 Å². The molecule has 25 heavy (non-hydrogen) atoms. The summed E-state index contributed by atoms with van der Waals surface area (Å²) in [6, 6.07) is 7.18. The second-order valence-corrected chi connectivity index (χ2v) is 6.30. The number of carbonyl (C=O) groups excluding carboxylic acids is 1. The van der Waals surface area contributed by atoms with Gasteiger partial charge in [-0.25, -0.2) is 9.97 Å². The molecule has 0 spiro atoms. The number of nitrogens with one attached hydrogen (secondary N) is 2. The lowest BCUT2D eigenvalue weighted by atomic mass is 9.97. The fraction of sp³-hybridized carbons (Fsp3) is 0.353. The van der Waals surface area contributed by atoms with Gasteiger partial charge in [-0.1, -0.05) is 12.1 Å². The monoisotopic (exact) mass is 338 g/mol. The molecule has 1 aliphatic rings. The number of amides is 1. The van der Waals surface area contributed by atoms with Gasteiger partial charge in [0.15, 0.2) is 11.5 Å². The molecule has 0 saturated carbocycles. The molecule has 8 nitrogen and oxygen atoms in total. The van der Waals surface area contributed by atoms with Crippen LogP contribution in [0.4, 0.5) is 0 Å². The molecule has 128 valence electrons.